The average Bonchev–Trinajstić information content (AvgIpc) is 2.92. The van der Waals surface area contributed by atoms with Crippen LogP contribution in [0.1, 0.15) is 20.8 Å². The molecule has 3 N–H and O–H groups in total. The molecule has 0 aliphatic rings. The van der Waals surface area contributed by atoms with E-state index < -0.39 is 20.2 Å². The van der Waals surface area contributed by atoms with Gasteiger partial charge in [-0.2, -0.15) is 4.58 Å². The maximum Gasteiger partial charge on any atom is 0.664 e. The van der Waals surface area contributed by atoms with Gasteiger partial charge in [-0.3, -0.25) is 4.79 Å². The number of hydrogen-bond donors (Lipinski definition) is 3. The standard InChI is InChI=1S/C28H28N2O7P/c1-18(16-31)26(17-32)27(33)20(3)30(4)23-12-10-21-11-13-25(15-22(21)14-23)36-28(34)19(2)29-38(35)37-24-8-6-5-7-9-24/h5-15,17,19,31H,4,16H2,1-3H3,(H-,29,33,35)/q+1/p+1/b26-18+,27-20+/t19-/m0/s1. The number of aldehydes is 1. The van der Waals surface area contributed by atoms with E-state index in [0.717, 1.165) is 10.8 Å². The Morgan fingerprint density at radius 2 is 1.76 bits per heavy atom. The average molecular weight is 537 g/mol. The van der Waals surface area contributed by atoms with Crippen molar-refractivity contribution in [3.05, 3.63) is 89.3 Å². The Kier molecular flexibility index (Phi) is 9.62. The summed E-state index contributed by atoms with van der Waals surface area (Å²) in [5.41, 5.74) is 1.22. The van der Waals surface area contributed by atoms with Crippen LogP contribution in [-0.2, 0) is 14.2 Å². The first-order valence-electron chi connectivity index (χ1n) is 11.6. The quantitative estimate of drug-likeness (QED) is 0.0356. The number of allylic oxidation sites excluding steroid dienone is 2. The lowest BCUT2D eigenvalue weighted by atomic mass is 10.1. The molecule has 9 nitrogen and oxygen atoms in total. The van der Waals surface area contributed by atoms with Gasteiger partial charge in [0.2, 0.25) is 11.4 Å². The molecule has 0 radical (unpaired) electrons. The SMILES string of the molecule is C=[N+](/C(C)=C(O)\C(C=O)=C(/C)CO)c1ccc2ccc(OC(=O)[C@H](C)N[P+](=O)Oc3ccccc3)cc2c1. The van der Waals surface area contributed by atoms with E-state index in [-0.39, 0.29) is 23.7 Å². The summed E-state index contributed by atoms with van der Waals surface area (Å²) in [6.45, 7) is 8.26. The van der Waals surface area contributed by atoms with Crippen LogP contribution in [-0.4, -0.2) is 46.4 Å². The number of carbonyl (C=O) groups excluding carboxylic acids is 2. The zero-order valence-corrected chi connectivity index (χ0v) is 22.1. The van der Waals surface area contributed by atoms with E-state index in [4.69, 9.17) is 9.26 Å². The van der Waals surface area contributed by atoms with Crippen molar-refractivity contribution in [1.82, 2.24) is 5.09 Å². The van der Waals surface area contributed by atoms with Gasteiger partial charge in [-0.1, -0.05) is 29.4 Å². The number of nitrogens with zero attached hydrogens (tertiary/aromatic N) is 1. The fourth-order valence-electron chi connectivity index (χ4n) is 3.42. The lowest BCUT2D eigenvalue weighted by Crippen LogP contribution is -2.33. The van der Waals surface area contributed by atoms with Gasteiger partial charge in [0.05, 0.1) is 12.2 Å². The smallest absolute Gasteiger partial charge is 0.502 e. The van der Waals surface area contributed by atoms with E-state index in [2.05, 4.69) is 11.8 Å². The molecule has 0 saturated heterocycles. The molecule has 3 rings (SSSR count). The molecule has 0 heterocycles. The number of nitrogens with one attached hydrogen (secondary N) is 1. The molecule has 196 valence electrons. The molecule has 0 aliphatic carbocycles. The van der Waals surface area contributed by atoms with Crippen LogP contribution in [0.2, 0.25) is 0 Å². The van der Waals surface area contributed by atoms with Crippen molar-refractivity contribution >= 4 is 43.6 Å². The summed E-state index contributed by atoms with van der Waals surface area (Å²) in [5.74, 6) is -0.245. The predicted molar refractivity (Wildman–Crippen MR) is 145 cm³/mol. The normalized spacial score (nSPS) is 13.6. The first-order chi connectivity index (χ1) is 18.1. The van der Waals surface area contributed by atoms with Gasteiger partial charge in [-0.25, -0.2) is 9.32 Å². The maximum atomic E-state index is 12.6. The minimum atomic E-state index is -2.34. The maximum absolute atomic E-state index is 12.6. The van der Waals surface area contributed by atoms with E-state index in [0.29, 0.717) is 29.0 Å². The molecule has 2 atom stereocenters. The van der Waals surface area contributed by atoms with Crippen molar-refractivity contribution in [3.8, 4) is 11.5 Å². The Morgan fingerprint density at radius 3 is 2.42 bits per heavy atom. The molecule has 0 saturated carbocycles. The molecular formula is C28H29N2O7P+2. The highest BCUT2D eigenvalue weighted by molar-refractivity contribution is 7.37. The lowest BCUT2D eigenvalue weighted by Gasteiger charge is -2.09. The Balaban J connectivity index is 1.76. The van der Waals surface area contributed by atoms with E-state index >= 15 is 0 Å². The second-order valence-corrected chi connectivity index (χ2v) is 9.41. The third kappa shape index (κ3) is 6.98. The summed E-state index contributed by atoms with van der Waals surface area (Å²) in [5, 5.41) is 24.1. The van der Waals surface area contributed by atoms with Crippen molar-refractivity contribution in [2.24, 2.45) is 0 Å². The molecule has 1 unspecified atom stereocenters. The van der Waals surface area contributed by atoms with Crippen molar-refractivity contribution in [2.45, 2.75) is 26.8 Å². The van der Waals surface area contributed by atoms with Crippen molar-refractivity contribution in [2.75, 3.05) is 6.61 Å². The molecular weight excluding hydrogens is 507 g/mol. The van der Waals surface area contributed by atoms with Crippen LogP contribution in [0.25, 0.3) is 10.8 Å². The van der Waals surface area contributed by atoms with E-state index in [1.54, 1.807) is 74.5 Å². The Bertz CT molecular complexity index is 1450. The van der Waals surface area contributed by atoms with Crippen molar-refractivity contribution < 1.29 is 38.2 Å². The number of benzene rings is 3. The molecule has 0 bridgehead atoms. The third-order valence-corrected chi connectivity index (χ3v) is 6.70. The number of para-hydroxylation sites is 1. The summed E-state index contributed by atoms with van der Waals surface area (Å²) >= 11 is 0. The lowest BCUT2D eigenvalue weighted by molar-refractivity contribution is -0.375. The fourth-order valence-corrected chi connectivity index (χ4v) is 4.21. The van der Waals surface area contributed by atoms with Gasteiger partial charge in [0, 0.05) is 23.6 Å². The zero-order chi connectivity index (χ0) is 27.8. The molecule has 0 spiro atoms. The molecule has 3 aromatic carbocycles. The van der Waals surface area contributed by atoms with E-state index in [1.165, 1.54) is 11.5 Å². The first kappa shape index (κ1) is 28.4. The van der Waals surface area contributed by atoms with Gasteiger partial charge < -0.3 is 14.9 Å². The number of carbonyl (C=O) groups is 2. The largest absolute Gasteiger partial charge is 0.664 e. The van der Waals surface area contributed by atoms with Gasteiger partial charge in [0.25, 0.3) is 0 Å². The van der Waals surface area contributed by atoms with Crippen LogP contribution >= 0.6 is 8.18 Å². The number of fused-ring (bicyclic) bond motifs is 1. The highest BCUT2D eigenvalue weighted by Gasteiger charge is 2.29. The van der Waals surface area contributed by atoms with E-state index in [9.17, 15) is 24.4 Å². The highest BCUT2D eigenvalue weighted by Crippen LogP contribution is 2.28. The number of rotatable bonds is 11. The summed E-state index contributed by atoms with van der Waals surface area (Å²) < 4.78 is 24.4. The fraction of sp³-hybridized carbons (Fsp3) is 0.179. The van der Waals surface area contributed by atoms with Gasteiger partial charge in [0.1, 0.15) is 18.5 Å². The van der Waals surface area contributed by atoms with Crippen LogP contribution in [0.15, 0.2) is 89.3 Å². The minimum Gasteiger partial charge on any atom is -0.502 e. The van der Waals surface area contributed by atoms with Gasteiger partial charge >= 0.3 is 14.1 Å². The molecule has 0 fully saturated rings. The number of aliphatic hydroxyl groups is 2. The zero-order valence-electron chi connectivity index (χ0n) is 21.2. The molecule has 0 amide bonds. The number of ether oxygens (including phenoxy) is 1. The van der Waals surface area contributed by atoms with Gasteiger partial charge in [-0.15, -0.1) is 0 Å². The van der Waals surface area contributed by atoms with E-state index in [1.807, 2.05) is 6.07 Å². The topological polar surface area (TPSA) is 125 Å². The Hall–Kier alpha value is -4.17. The van der Waals surface area contributed by atoms with Crippen LogP contribution in [0.4, 0.5) is 5.69 Å². The third-order valence-electron chi connectivity index (χ3n) is 5.73. The summed E-state index contributed by atoms with van der Waals surface area (Å²) in [4.78, 5) is 24.0. The van der Waals surface area contributed by atoms with Crippen LogP contribution in [0.3, 0.4) is 0 Å². The van der Waals surface area contributed by atoms with Crippen LogP contribution < -0.4 is 14.3 Å². The number of esters is 1. The second kappa shape index (κ2) is 12.9. The summed E-state index contributed by atoms with van der Waals surface area (Å²) in [6, 6.07) is 18.2. The summed E-state index contributed by atoms with van der Waals surface area (Å²) in [7, 11) is -2.34. The molecule has 0 aromatic heterocycles. The number of hydrogen-bond acceptors (Lipinski definition) is 7. The Labute approximate surface area is 221 Å². The van der Waals surface area contributed by atoms with Gasteiger partial charge in [-0.05, 0) is 60.5 Å². The predicted octanol–water partition coefficient (Wildman–Crippen LogP) is 5.10. The van der Waals surface area contributed by atoms with Gasteiger partial charge in [0.15, 0.2) is 17.8 Å². The van der Waals surface area contributed by atoms with Crippen LogP contribution in [0, 0.1) is 0 Å². The highest BCUT2D eigenvalue weighted by atomic mass is 31.1. The first-order valence-corrected chi connectivity index (χ1v) is 12.8. The molecule has 0 aliphatic heterocycles. The van der Waals surface area contributed by atoms with Crippen molar-refractivity contribution in [1.29, 1.82) is 0 Å². The Morgan fingerprint density at radius 1 is 1.08 bits per heavy atom. The monoisotopic (exact) mass is 536 g/mol. The molecule has 10 heteroatoms. The number of aliphatic hydroxyl groups excluding tert-OH is 2. The van der Waals surface area contributed by atoms with Crippen LogP contribution in [0.5, 0.6) is 11.5 Å². The molecule has 3 aromatic rings. The van der Waals surface area contributed by atoms with Crippen molar-refractivity contribution in [3.63, 3.8) is 0 Å². The summed E-state index contributed by atoms with van der Waals surface area (Å²) in [6.07, 6.45) is 0.485. The minimum absolute atomic E-state index is 0.00715. The molecule has 38 heavy (non-hydrogen) atoms. The second-order valence-electron chi connectivity index (χ2n) is 8.46.